The topological polar surface area (TPSA) is 61.1 Å². The smallest absolute Gasteiger partial charge is 0.255 e. The van der Waals surface area contributed by atoms with Crippen LogP contribution in [-0.4, -0.2) is 34.4 Å². The first-order valence-electron chi connectivity index (χ1n) is 12.1. The Balaban J connectivity index is 1.41. The van der Waals surface area contributed by atoms with Gasteiger partial charge < -0.3 is 14.7 Å². The predicted octanol–water partition coefficient (Wildman–Crippen LogP) is 6.08. The number of hydrogen-bond donors (Lipinski definition) is 2. The number of pyridine rings is 1. The lowest BCUT2D eigenvalue weighted by Gasteiger charge is -2.54. The summed E-state index contributed by atoms with van der Waals surface area (Å²) in [5, 5.41) is 2.63. The van der Waals surface area contributed by atoms with Gasteiger partial charge in [-0.15, -0.1) is 0 Å². The highest BCUT2D eigenvalue weighted by molar-refractivity contribution is 5.88. The molecular formula is C28H29F2N3O2. The molecule has 1 saturated carbocycles. The Bertz CT molecular complexity index is 1480. The number of rotatable bonds is 4. The molecule has 1 spiro atoms. The van der Waals surface area contributed by atoms with Gasteiger partial charge in [0.2, 0.25) is 5.92 Å². The van der Waals surface area contributed by atoms with Crippen LogP contribution in [0, 0.1) is 12.3 Å². The largest absolute Gasteiger partial charge is 0.496 e. The van der Waals surface area contributed by atoms with Gasteiger partial charge in [0.25, 0.3) is 5.56 Å². The molecule has 4 aromatic rings. The van der Waals surface area contributed by atoms with Gasteiger partial charge >= 0.3 is 0 Å². The van der Waals surface area contributed by atoms with Gasteiger partial charge in [-0.1, -0.05) is 6.07 Å². The van der Waals surface area contributed by atoms with Crippen molar-refractivity contribution in [2.24, 2.45) is 5.41 Å². The van der Waals surface area contributed by atoms with Gasteiger partial charge in [0.15, 0.2) is 0 Å². The summed E-state index contributed by atoms with van der Waals surface area (Å²) in [4.78, 5) is 20.7. The van der Waals surface area contributed by atoms with Crippen LogP contribution >= 0.6 is 0 Å². The molecule has 1 unspecified atom stereocenters. The van der Waals surface area contributed by atoms with E-state index < -0.39 is 5.92 Å². The number of ether oxygens (including phenoxy) is 1. The van der Waals surface area contributed by atoms with Crippen LogP contribution in [-0.2, 0) is 6.54 Å². The lowest BCUT2D eigenvalue weighted by atomic mass is 9.59. The van der Waals surface area contributed by atoms with Crippen molar-refractivity contribution in [2.45, 2.75) is 51.1 Å². The van der Waals surface area contributed by atoms with Crippen molar-refractivity contribution in [3.8, 4) is 5.75 Å². The van der Waals surface area contributed by atoms with Crippen molar-refractivity contribution in [3.63, 3.8) is 0 Å². The molecule has 3 heterocycles. The number of aryl methyl sites for hydroxylation is 1. The Morgan fingerprint density at radius 2 is 1.89 bits per heavy atom. The zero-order valence-corrected chi connectivity index (χ0v) is 20.0. The third-order valence-corrected chi connectivity index (χ3v) is 8.14. The molecule has 2 aliphatic rings. The molecule has 1 saturated heterocycles. The summed E-state index contributed by atoms with van der Waals surface area (Å²) in [7, 11) is 1.69. The summed E-state index contributed by atoms with van der Waals surface area (Å²) in [6.45, 7) is 3.45. The molecule has 2 fully saturated rings. The SMILES string of the molecule is COc1cc(C)c2[nH]ccc2c1CN1CCC2(CC1c1ccc3c(=O)[nH]ccc3c1)CC(F)(F)C2. The fourth-order valence-corrected chi connectivity index (χ4v) is 6.46. The number of nitrogens with zero attached hydrogens (tertiary/aromatic N) is 1. The van der Waals surface area contributed by atoms with Crippen molar-refractivity contribution in [3.05, 3.63) is 75.8 Å². The van der Waals surface area contributed by atoms with Crippen molar-refractivity contribution >= 4 is 21.7 Å². The first-order valence-corrected chi connectivity index (χ1v) is 12.1. The van der Waals surface area contributed by atoms with E-state index in [0.29, 0.717) is 18.4 Å². The summed E-state index contributed by atoms with van der Waals surface area (Å²) < 4.78 is 33.8. The number of H-pyrrole nitrogens is 2. The maximum atomic E-state index is 14.0. The van der Waals surface area contributed by atoms with Crippen LogP contribution in [0.3, 0.4) is 0 Å². The molecule has 0 amide bonds. The van der Waals surface area contributed by atoms with Gasteiger partial charge in [-0.2, -0.15) is 0 Å². The van der Waals surface area contributed by atoms with Crippen molar-refractivity contribution in [1.29, 1.82) is 0 Å². The first-order chi connectivity index (χ1) is 16.8. The second-order valence-electron chi connectivity index (χ2n) is 10.4. The molecule has 7 heteroatoms. The molecule has 2 aromatic carbocycles. The van der Waals surface area contributed by atoms with Crippen molar-refractivity contribution in [1.82, 2.24) is 14.9 Å². The average molecular weight is 478 g/mol. The van der Waals surface area contributed by atoms with Gasteiger partial charge in [0, 0.05) is 59.7 Å². The molecule has 1 aliphatic heterocycles. The molecule has 2 aromatic heterocycles. The third-order valence-electron chi connectivity index (χ3n) is 8.14. The normalized spacial score (nSPS) is 21.4. The second-order valence-corrected chi connectivity index (χ2v) is 10.4. The van der Waals surface area contributed by atoms with Gasteiger partial charge in [0.1, 0.15) is 5.75 Å². The minimum Gasteiger partial charge on any atom is -0.496 e. The monoisotopic (exact) mass is 477 g/mol. The van der Waals surface area contributed by atoms with Gasteiger partial charge in [-0.3, -0.25) is 9.69 Å². The van der Waals surface area contributed by atoms with Crippen LogP contribution in [0.4, 0.5) is 8.78 Å². The number of alkyl halides is 2. The van der Waals surface area contributed by atoms with Crippen molar-refractivity contribution in [2.75, 3.05) is 13.7 Å². The fourth-order valence-electron chi connectivity index (χ4n) is 6.46. The Morgan fingerprint density at radius 1 is 1.09 bits per heavy atom. The highest BCUT2D eigenvalue weighted by atomic mass is 19.3. The average Bonchev–Trinajstić information content (AvgIpc) is 3.31. The van der Waals surface area contributed by atoms with Crippen LogP contribution in [0.25, 0.3) is 21.7 Å². The zero-order valence-electron chi connectivity index (χ0n) is 20.0. The number of methoxy groups -OCH3 is 1. The second kappa shape index (κ2) is 7.92. The summed E-state index contributed by atoms with van der Waals surface area (Å²) in [6.07, 6.45) is 4.97. The lowest BCUT2D eigenvalue weighted by Crippen LogP contribution is -2.53. The molecule has 1 aliphatic carbocycles. The van der Waals surface area contributed by atoms with E-state index >= 15 is 0 Å². The standard InChI is InChI=1S/C28H29F2N3O2/c1-17-11-24(35-2)22(21-6-9-31-25(17)21)14-33-10-7-27(15-28(29,30)16-27)13-23(33)19-3-4-20-18(12-19)5-8-32-26(20)34/h3-6,8-9,11-12,23,31H,7,10,13-16H2,1-2H3,(H,32,34). The van der Waals surface area contributed by atoms with Crippen LogP contribution in [0.2, 0.25) is 0 Å². The Labute approximate surface area is 202 Å². The molecule has 2 N–H and O–H groups in total. The number of piperidine rings is 1. The summed E-state index contributed by atoms with van der Waals surface area (Å²) >= 11 is 0. The van der Waals surface area contributed by atoms with E-state index in [1.807, 2.05) is 24.4 Å². The molecule has 5 nitrogen and oxygen atoms in total. The van der Waals surface area contributed by atoms with Crippen LogP contribution in [0.5, 0.6) is 5.75 Å². The zero-order chi connectivity index (χ0) is 24.4. The van der Waals surface area contributed by atoms with Gasteiger partial charge in [-0.05, 0) is 78.6 Å². The molecular weight excluding hydrogens is 448 g/mol. The Hall–Kier alpha value is -3.19. The highest BCUT2D eigenvalue weighted by Gasteiger charge is 2.58. The van der Waals surface area contributed by atoms with E-state index in [0.717, 1.165) is 51.7 Å². The van der Waals surface area contributed by atoms with Crippen LogP contribution in [0.15, 0.2) is 53.6 Å². The minimum atomic E-state index is -2.55. The number of aromatic amines is 2. The Morgan fingerprint density at radius 3 is 2.66 bits per heavy atom. The summed E-state index contributed by atoms with van der Waals surface area (Å²) in [5.41, 5.74) is 3.93. The number of likely N-dealkylation sites (tertiary alicyclic amines) is 1. The first kappa shape index (κ1) is 22.3. The molecule has 182 valence electrons. The fraction of sp³-hybridized carbons (Fsp3) is 0.393. The van der Waals surface area contributed by atoms with Crippen LogP contribution in [0.1, 0.15) is 48.4 Å². The predicted molar refractivity (Wildman–Crippen MR) is 133 cm³/mol. The number of halogens is 2. The van der Waals surface area contributed by atoms with E-state index in [2.05, 4.69) is 40.0 Å². The van der Waals surface area contributed by atoms with E-state index in [9.17, 15) is 13.6 Å². The van der Waals surface area contributed by atoms with Crippen molar-refractivity contribution < 1.29 is 13.5 Å². The maximum absolute atomic E-state index is 14.0. The molecule has 35 heavy (non-hydrogen) atoms. The number of hydrogen-bond acceptors (Lipinski definition) is 3. The lowest BCUT2D eigenvalue weighted by molar-refractivity contribution is -0.186. The van der Waals surface area contributed by atoms with E-state index in [4.69, 9.17) is 4.74 Å². The third kappa shape index (κ3) is 3.73. The summed E-state index contributed by atoms with van der Waals surface area (Å²) in [6, 6.07) is 11.9. The number of benzene rings is 2. The van der Waals surface area contributed by atoms with E-state index in [1.54, 1.807) is 13.3 Å². The molecule has 1 atom stereocenters. The maximum Gasteiger partial charge on any atom is 0.255 e. The molecule has 0 bridgehead atoms. The Kier molecular flexibility index (Phi) is 5.04. The van der Waals surface area contributed by atoms with E-state index in [1.165, 1.54) is 0 Å². The van der Waals surface area contributed by atoms with Gasteiger partial charge in [-0.25, -0.2) is 8.78 Å². The highest BCUT2D eigenvalue weighted by Crippen LogP contribution is 2.60. The summed E-state index contributed by atoms with van der Waals surface area (Å²) in [5.74, 6) is -1.71. The van der Waals surface area contributed by atoms with Gasteiger partial charge in [0.05, 0.1) is 7.11 Å². The quantitative estimate of drug-likeness (QED) is 0.375. The number of nitrogens with one attached hydrogen (secondary N) is 2. The number of aromatic nitrogens is 2. The number of fused-ring (bicyclic) bond motifs is 2. The van der Waals surface area contributed by atoms with E-state index in [-0.39, 0.29) is 29.9 Å². The molecule has 6 rings (SSSR count). The minimum absolute atomic E-state index is 0.0245. The molecule has 0 radical (unpaired) electrons. The van der Waals surface area contributed by atoms with Crippen LogP contribution < -0.4 is 10.3 Å².